The van der Waals surface area contributed by atoms with Gasteiger partial charge in [-0.3, -0.25) is 0 Å². The van der Waals surface area contributed by atoms with Crippen molar-refractivity contribution in [3.63, 3.8) is 0 Å². The molecule has 0 aromatic carbocycles. The third-order valence-electron chi connectivity index (χ3n) is 4.77. The van der Waals surface area contributed by atoms with Gasteiger partial charge in [0.25, 0.3) is 0 Å². The van der Waals surface area contributed by atoms with Crippen molar-refractivity contribution >= 4 is 0 Å². The molecule has 3 unspecified atom stereocenters. The molecule has 0 aromatic rings. The van der Waals surface area contributed by atoms with Crippen molar-refractivity contribution in [3.8, 4) is 0 Å². The van der Waals surface area contributed by atoms with Gasteiger partial charge in [0.05, 0.1) is 0 Å². The summed E-state index contributed by atoms with van der Waals surface area (Å²) in [5, 5.41) is 3.67. The van der Waals surface area contributed by atoms with Crippen LogP contribution in [0.5, 0.6) is 0 Å². The summed E-state index contributed by atoms with van der Waals surface area (Å²) in [5.74, 6) is 0.959. The van der Waals surface area contributed by atoms with Gasteiger partial charge in [-0.05, 0) is 51.6 Å². The number of hydrogen-bond donors (Lipinski definition) is 1. The van der Waals surface area contributed by atoms with Crippen LogP contribution in [-0.2, 0) is 0 Å². The van der Waals surface area contributed by atoms with Crippen molar-refractivity contribution in [2.75, 3.05) is 20.1 Å². The van der Waals surface area contributed by atoms with E-state index in [4.69, 9.17) is 0 Å². The Morgan fingerprint density at radius 2 is 1.88 bits per heavy atom. The minimum atomic E-state index is 0.759. The first-order valence-corrected chi connectivity index (χ1v) is 7.69. The zero-order valence-electron chi connectivity index (χ0n) is 11.8. The summed E-state index contributed by atoms with van der Waals surface area (Å²) in [6, 6.07) is 1.61. The van der Waals surface area contributed by atoms with Crippen LogP contribution in [0.25, 0.3) is 0 Å². The summed E-state index contributed by atoms with van der Waals surface area (Å²) < 4.78 is 0. The molecule has 2 rings (SSSR count). The van der Waals surface area contributed by atoms with Gasteiger partial charge in [0, 0.05) is 18.6 Å². The molecule has 1 N–H and O–H groups in total. The van der Waals surface area contributed by atoms with Gasteiger partial charge in [-0.1, -0.05) is 26.2 Å². The SMILES string of the molecule is CC1CCCC(N(C)CC2CCCCN2)CC1. The van der Waals surface area contributed by atoms with Crippen LogP contribution in [-0.4, -0.2) is 37.1 Å². The van der Waals surface area contributed by atoms with Crippen LogP contribution >= 0.6 is 0 Å². The smallest absolute Gasteiger partial charge is 0.0195 e. The third-order valence-corrected chi connectivity index (χ3v) is 4.77. The van der Waals surface area contributed by atoms with Crippen LogP contribution in [0, 0.1) is 5.92 Å². The molecular formula is C15H30N2. The van der Waals surface area contributed by atoms with Crippen molar-refractivity contribution < 1.29 is 0 Å². The molecule has 2 nitrogen and oxygen atoms in total. The molecule has 1 aliphatic carbocycles. The molecule has 17 heavy (non-hydrogen) atoms. The zero-order chi connectivity index (χ0) is 12.1. The number of nitrogens with one attached hydrogen (secondary N) is 1. The maximum Gasteiger partial charge on any atom is 0.0195 e. The molecular weight excluding hydrogens is 208 g/mol. The zero-order valence-corrected chi connectivity index (χ0v) is 11.8. The fourth-order valence-corrected chi connectivity index (χ4v) is 3.48. The van der Waals surface area contributed by atoms with E-state index in [0.717, 1.165) is 18.0 Å². The van der Waals surface area contributed by atoms with Gasteiger partial charge in [0.1, 0.15) is 0 Å². The lowest BCUT2D eigenvalue weighted by molar-refractivity contribution is 0.186. The monoisotopic (exact) mass is 238 g/mol. The fraction of sp³-hybridized carbons (Fsp3) is 1.00. The standard InChI is InChI=1S/C15H30N2/c1-13-6-5-8-15(10-9-13)17(2)12-14-7-3-4-11-16-14/h13-16H,3-12H2,1-2H3. The molecule has 1 saturated carbocycles. The third kappa shape index (κ3) is 4.26. The second kappa shape index (κ2) is 6.75. The predicted molar refractivity (Wildman–Crippen MR) is 74.3 cm³/mol. The fourth-order valence-electron chi connectivity index (χ4n) is 3.48. The highest BCUT2D eigenvalue weighted by Crippen LogP contribution is 2.25. The van der Waals surface area contributed by atoms with Crippen LogP contribution in [0.15, 0.2) is 0 Å². The lowest BCUT2D eigenvalue weighted by atomic mass is 10.0. The van der Waals surface area contributed by atoms with E-state index >= 15 is 0 Å². The summed E-state index contributed by atoms with van der Waals surface area (Å²) in [7, 11) is 2.34. The predicted octanol–water partition coefficient (Wildman–Crippen LogP) is 3.03. The van der Waals surface area contributed by atoms with Gasteiger partial charge in [-0.2, -0.15) is 0 Å². The lowest BCUT2D eigenvalue weighted by Crippen LogP contribution is -2.45. The number of nitrogens with zero attached hydrogens (tertiary/aromatic N) is 1. The molecule has 0 amide bonds. The van der Waals surface area contributed by atoms with E-state index in [2.05, 4.69) is 24.2 Å². The largest absolute Gasteiger partial charge is 0.313 e. The minimum absolute atomic E-state index is 0.759. The Labute approximate surface area is 107 Å². The summed E-state index contributed by atoms with van der Waals surface area (Å²) in [6.07, 6.45) is 11.4. The molecule has 0 aromatic heterocycles. The van der Waals surface area contributed by atoms with Crippen molar-refractivity contribution in [2.24, 2.45) is 5.92 Å². The van der Waals surface area contributed by atoms with Gasteiger partial charge < -0.3 is 10.2 Å². The summed E-state index contributed by atoms with van der Waals surface area (Å²) >= 11 is 0. The maximum absolute atomic E-state index is 3.67. The molecule has 2 heteroatoms. The Morgan fingerprint density at radius 1 is 1.00 bits per heavy atom. The highest BCUT2D eigenvalue weighted by Gasteiger charge is 2.22. The van der Waals surface area contributed by atoms with E-state index < -0.39 is 0 Å². The normalized spacial score (nSPS) is 35.8. The Kier molecular flexibility index (Phi) is 5.30. The van der Waals surface area contributed by atoms with Crippen LogP contribution in [0.4, 0.5) is 0 Å². The van der Waals surface area contributed by atoms with Crippen molar-refractivity contribution in [2.45, 2.75) is 70.4 Å². The molecule has 0 spiro atoms. The van der Waals surface area contributed by atoms with Gasteiger partial charge in [-0.15, -0.1) is 0 Å². The number of rotatable bonds is 3. The van der Waals surface area contributed by atoms with Gasteiger partial charge in [0.15, 0.2) is 0 Å². The van der Waals surface area contributed by atoms with Crippen LogP contribution in [0.3, 0.4) is 0 Å². The van der Waals surface area contributed by atoms with E-state index in [1.807, 2.05) is 0 Å². The second-order valence-electron chi connectivity index (χ2n) is 6.35. The van der Waals surface area contributed by atoms with Crippen molar-refractivity contribution in [3.05, 3.63) is 0 Å². The Hall–Kier alpha value is -0.0800. The number of piperidine rings is 1. The first-order chi connectivity index (χ1) is 8.25. The first-order valence-electron chi connectivity index (χ1n) is 7.69. The highest BCUT2D eigenvalue weighted by atomic mass is 15.2. The summed E-state index contributed by atoms with van der Waals surface area (Å²) in [4.78, 5) is 2.64. The molecule has 1 saturated heterocycles. The molecule has 1 heterocycles. The maximum atomic E-state index is 3.67. The second-order valence-corrected chi connectivity index (χ2v) is 6.35. The van der Waals surface area contributed by atoms with Crippen molar-refractivity contribution in [1.29, 1.82) is 0 Å². The summed E-state index contributed by atoms with van der Waals surface area (Å²) in [6.45, 7) is 4.92. The van der Waals surface area contributed by atoms with E-state index in [-0.39, 0.29) is 0 Å². The van der Waals surface area contributed by atoms with Gasteiger partial charge >= 0.3 is 0 Å². The van der Waals surface area contributed by atoms with Gasteiger partial charge in [0.2, 0.25) is 0 Å². The molecule has 100 valence electrons. The van der Waals surface area contributed by atoms with Crippen molar-refractivity contribution in [1.82, 2.24) is 10.2 Å². The molecule has 1 aliphatic heterocycles. The number of hydrogen-bond acceptors (Lipinski definition) is 2. The molecule has 2 fully saturated rings. The lowest BCUT2D eigenvalue weighted by Gasteiger charge is -2.33. The minimum Gasteiger partial charge on any atom is -0.313 e. The Bertz CT molecular complexity index is 211. The van der Waals surface area contributed by atoms with Crippen LogP contribution in [0.1, 0.15) is 58.3 Å². The van der Waals surface area contributed by atoms with E-state index in [1.165, 1.54) is 64.5 Å². The van der Waals surface area contributed by atoms with E-state index in [0.29, 0.717) is 0 Å². The van der Waals surface area contributed by atoms with Crippen LogP contribution < -0.4 is 5.32 Å². The Balaban J connectivity index is 1.75. The average molecular weight is 238 g/mol. The first kappa shape index (κ1) is 13.4. The molecule has 2 aliphatic rings. The van der Waals surface area contributed by atoms with E-state index in [9.17, 15) is 0 Å². The summed E-state index contributed by atoms with van der Waals surface area (Å²) in [5.41, 5.74) is 0. The topological polar surface area (TPSA) is 15.3 Å². The number of likely N-dealkylation sites (N-methyl/N-ethyl adjacent to an activating group) is 1. The quantitative estimate of drug-likeness (QED) is 0.760. The molecule has 0 bridgehead atoms. The van der Waals surface area contributed by atoms with Gasteiger partial charge in [-0.25, -0.2) is 0 Å². The average Bonchev–Trinajstić information content (AvgIpc) is 2.55. The Morgan fingerprint density at radius 3 is 2.65 bits per heavy atom. The van der Waals surface area contributed by atoms with E-state index in [1.54, 1.807) is 0 Å². The molecule has 0 radical (unpaired) electrons. The van der Waals surface area contributed by atoms with Crippen LogP contribution in [0.2, 0.25) is 0 Å². The molecule has 3 atom stereocenters. The highest BCUT2D eigenvalue weighted by molar-refractivity contribution is 4.80.